The first-order valence-corrected chi connectivity index (χ1v) is 6.89. The van der Waals surface area contributed by atoms with Crippen LogP contribution in [0.3, 0.4) is 0 Å². The van der Waals surface area contributed by atoms with Crippen LogP contribution in [0.25, 0.3) is 0 Å². The van der Waals surface area contributed by atoms with Crippen molar-refractivity contribution in [1.29, 1.82) is 0 Å². The number of nitrogens with one attached hydrogen (secondary N) is 1. The Morgan fingerprint density at radius 2 is 1.95 bits per heavy atom. The lowest BCUT2D eigenvalue weighted by Crippen LogP contribution is -2.40. The van der Waals surface area contributed by atoms with Gasteiger partial charge in [0.1, 0.15) is 0 Å². The van der Waals surface area contributed by atoms with Gasteiger partial charge in [0.05, 0.1) is 6.04 Å². The van der Waals surface area contributed by atoms with Crippen molar-refractivity contribution in [1.82, 2.24) is 5.32 Å². The smallest absolute Gasteiger partial charge is 0.222 e. The Hall–Kier alpha value is -1.06. The summed E-state index contributed by atoms with van der Waals surface area (Å²) in [5, 5.41) is 3.60. The van der Waals surface area contributed by atoms with Crippen molar-refractivity contribution in [2.45, 2.75) is 46.2 Å². The summed E-state index contributed by atoms with van der Waals surface area (Å²) >= 11 is 6.10. The lowest BCUT2D eigenvalue weighted by Gasteiger charge is -2.27. The minimum Gasteiger partial charge on any atom is -0.349 e. The van der Waals surface area contributed by atoms with Gasteiger partial charge in [0.25, 0.3) is 0 Å². The highest BCUT2D eigenvalue weighted by Gasteiger charge is 2.24. The van der Waals surface area contributed by atoms with Crippen LogP contribution in [0, 0.1) is 5.41 Å². The molecule has 19 heavy (non-hydrogen) atoms. The van der Waals surface area contributed by atoms with Crippen molar-refractivity contribution in [3.63, 3.8) is 0 Å². The van der Waals surface area contributed by atoms with E-state index < -0.39 is 0 Å². The molecule has 3 nitrogen and oxygen atoms in total. The second kappa shape index (κ2) is 6.40. The third-order valence-corrected chi connectivity index (χ3v) is 3.61. The fourth-order valence-electron chi connectivity index (χ4n) is 1.71. The molecular weight excluding hydrogens is 260 g/mol. The summed E-state index contributed by atoms with van der Waals surface area (Å²) in [6.07, 6.45) is 0.318. The molecule has 1 amide bonds. The Morgan fingerprint density at radius 3 is 2.47 bits per heavy atom. The van der Waals surface area contributed by atoms with Crippen molar-refractivity contribution in [2.75, 3.05) is 0 Å². The van der Waals surface area contributed by atoms with Crippen molar-refractivity contribution in [3.8, 4) is 0 Å². The first-order valence-electron chi connectivity index (χ1n) is 6.51. The van der Waals surface area contributed by atoms with Gasteiger partial charge >= 0.3 is 0 Å². The lowest BCUT2D eigenvalue weighted by molar-refractivity contribution is -0.122. The maximum absolute atomic E-state index is 12.0. The summed E-state index contributed by atoms with van der Waals surface area (Å²) in [5.74, 6) is -0.0464. The molecule has 1 aromatic rings. The molecule has 0 spiro atoms. The van der Waals surface area contributed by atoms with E-state index in [0.717, 1.165) is 5.56 Å². The third-order valence-electron chi connectivity index (χ3n) is 3.27. The van der Waals surface area contributed by atoms with Gasteiger partial charge in [-0.05, 0) is 24.0 Å². The van der Waals surface area contributed by atoms with Crippen LogP contribution in [0.5, 0.6) is 0 Å². The highest BCUT2D eigenvalue weighted by molar-refractivity contribution is 6.31. The van der Waals surface area contributed by atoms with Gasteiger partial charge in [-0.2, -0.15) is 0 Å². The summed E-state index contributed by atoms with van der Waals surface area (Å²) in [6.45, 7) is 8.01. The number of benzene rings is 1. The van der Waals surface area contributed by atoms with Crippen LogP contribution in [0.2, 0.25) is 5.02 Å². The van der Waals surface area contributed by atoms with E-state index in [2.05, 4.69) is 5.32 Å². The number of hydrogen-bond donors (Lipinski definition) is 2. The van der Waals surface area contributed by atoms with Crippen molar-refractivity contribution < 1.29 is 4.79 Å². The van der Waals surface area contributed by atoms with Gasteiger partial charge < -0.3 is 11.1 Å². The SMILES string of the molecule is CC(NC(=O)CC(N)C(C)(C)C)c1ccccc1Cl. The number of amides is 1. The summed E-state index contributed by atoms with van der Waals surface area (Å²) in [4.78, 5) is 12.0. The second-order valence-corrected chi connectivity index (χ2v) is 6.39. The van der Waals surface area contributed by atoms with Gasteiger partial charge in [0.15, 0.2) is 0 Å². The molecule has 2 atom stereocenters. The van der Waals surface area contributed by atoms with Gasteiger partial charge in [-0.25, -0.2) is 0 Å². The van der Waals surface area contributed by atoms with Gasteiger partial charge in [0, 0.05) is 17.5 Å². The van der Waals surface area contributed by atoms with Crippen LogP contribution in [0.4, 0.5) is 0 Å². The molecule has 0 aliphatic carbocycles. The lowest BCUT2D eigenvalue weighted by atomic mass is 9.85. The Bertz CT molecular complexity index is 440. The molecule has 0 heterocycles. The topological polar surface area (TPSA) is 55.1 Å². The Morgan fingerprint density at radius 1 is 1.37 bits per heavy atom. The van der Waals surface area contributed by atoms with E-state index in [1.807, 2.05) is 52.0 Å². The maximum Gasteiger partial charge on any atom is 0.222 e. The van der Waals surface area contributed by atoms with Crippen LogP contribution >= 0.6 is 11.6 Å². The molecule has 0 radical (unpaired) electrons. The zero-order chi connectivity index (χ0) is 14.6. The molecule has 1 rings (SSSR count). The molecule has 4 heteroatoms. The average molecular weight is 283 g/mol. The monoisotopic (exact) mass is 282 g/mol. The van der Waals surface area contributed by atoms with E-state index in [1.165, 1.54) is 0 Å². The third kappa shape index (κ3) is 4.84. The van der Waals surface area contributed by atoms with E-state index in [9.17, 15) is 4.79 Å². The summed E-state index contributed by atoms with van der Waals surface area (Å²) < 4.78 is 0. The summed E-state index contributed by atoms with van der Waals surface area (Å²) in [6, 6.07) is 7.23. The first kappa shape index (κ1) is 16.0. The molecule has 0 saturated heterocycles. The number of nitrogens with two attached hydrogens (primary N) is 1. The zero-order valence-electron chi connectivity index (χ0n) is 12.0. The normalized spacial score (nSPS) is 14.8. The number of rotatable bonds is 4. The molecule has 0 fully saturated rings. The quantitative estimate of drug-likeness (QED) is 0.890. The van der Waals surface area contributed by atoms with Gasteiger partial charge in [0.2, 0.25) is 5.91 Å². The van der Waals surface area contributed by atoms with Crippen molar-refractivity contribution in [2.24, 2.45) is 11.1 Å². The molecule has 0 bridgehead atoms. The van der Waals surface area contributed by atoms with E-state index in [-0.39, 0.29) is 23.4 Å². The maximum atomic E-state index is 12.0. The van der Waals surface area contributed by atoms with E-state index in [0.29, 0.717) is 11.4 Å². The fourth-order valence-corrected chi connectivity index (χ4v) is 2.01. The summed E-state index contributed by atoms with van der Waals surface area (Å²) in [5.41, 5.74) is 6.85. The van der Waals surface area contributed by atoms with Crippen LogP contribution in [-0.4, -0.2) is 11.9 Å². The van der Waals surface area contributed by atoms with Crippen LogP contribution < -0.4 is 11.1 Å². The van der Waals surface area contributed by atoms with Crippen LogP contribution in [-0.2, 0) is 4.79 Å². The highest BCUT2D eigenvalue weighted by Crippen LogP contribution is 2.23. The number of carbonyl (C=O) groups excluding carboxylic acids is 1. The molecule has 0 aliphatic heterocycles. The molecule has 3 N–H and O–H groups in total. The molecule has 1 aromatic carbocycles. The van der Waals surface area contributed by atoms with E-state index in [1.54, 1.807) is 0 Å². The molecule has 0 aliphatic rings. The first-order chi connectivity index (χ1) is 8.71. The number of carbonyl (C=O) groups is 1. The highest BCUT2D eigenvalue weighted by atomic mass is 35.5. The van der Waals surface area contributed by atoms with Crippen LogP contribution in [0.15, 0.2) is 24.3 Å². The fraction of sp³-hybridized carbons (Fsp3) is 0.533. The minimum atomic E-state index is -0.161. The molecule has 0 saturated carbocycles. The largest absolute Gasteiger partial charge is 0.349 e. The molecule has 106 valence electrons. The van der Waals surface area contributed by atoms with Gasteiger partial charge in [-0.15, -0.1) is 0 Å². The number of halogens is 1. The summed E-state index contributed by atoms with van der Waals surface area (Å²) in [7, 11) is 0. The Balaban J connectivity index is 2.61. The van der Waals surface area contributed by atoms with E-state index in [4.69, 9.17) is 17.3 Å². The van der Waals surface area contributed by atoms with Crippen LogP contribution in [0.1, 0.15) is 45.7 Å². The average Bonchev–Trinajstić information content (AvgIpc) is 2.27. The van der Waals surface area contributed by atoms with Gasteiger partial charge in [-0.1, -0.05) is 50.6 Å². The number of hydrogen-bond acceptors (Lipinski definition) is 2. The molecular formula is C15H23ClN2O. The van der Waals surface area contributed by atoms with Crippen molar-refractivity contribution >= 4 is 17.5 Å². The molecule has 2 unspecified atom stereocenters. The zero-order valence-corrected chi connectivity index (χ0v) is 12.8. The minimum absolute atomic E-state index is 0.0464. The van der Waals surface area contributed by atoms with Gasteiger partial charge in [-0.3, -0.25) is 4.79 Å². The Labute approximate surface area is 120 Å². The molecule has 0 aromatic heterocycles. The predicted octanol–water partition coefficient (Wildman–Crippen LogP) is 3.28. The van der Waals surface area contributed by atoms with E-state index >= 15 is 0 Å². The predicted molar refractivity (Wildman–Crippen MR) is 80.1 cm³/mol. The standard InChI is InChI=1S/C15H23ClN2O/c1-10(11-7-5-6-8-12(11)16)18-14(19)9-13(17)15(2,3)4/h5-8,10,13H,9,17H2,1-4H3,(H,18,19). The second-order valence-electron chi connectivity index (χ2n) is 5.99. The van der Waals surface area contributed by atoms with Crippen molar-refractivity contribution in [3.05, 3.63) is 34.9 Å². The Kier molecular flexibility index (Phi) is 5.39.